The Labute approximate surface area is 177 Å². The summed E-state index contributed by atoms with van der Waals surface area (Å²) in [6, 6.07) is 21.3. The molecule has 3 aromatic carbocycles. The van der Waals surface area contributed by atoms with Gasteiger partial charge in [0.05, 0.1) is 5.69 Å². The number of nitrogens with zero attached hydrogens (tertiary/aromatic N) is 3. The normalized spacial score (nSPS) is 10.5. The third kappa shape index (κ3) is 4.64. The van der Waals surface area contributed by atoms with Crippen molar-refractivity contribution in [1.29, 1.82) is 0 Å². The smallest absolute Gasteiger partial charge is 0.295 e. The minimum Gasteiger partial charge on any atom is -0.322 e. The van der Waals surface area contributed by atoms with Crippen LogP contribution in [0.5, 0.6) is 0 Å². The van der Waals surface area contributed by atoms with Crippen molar-refractivity contribution in [1.82, 2.24) is 14.8 Å². The number of halogens is 1. The molecule has 0 spiro atoms. The summed E-state index contributed by atoms with van der Waals surface area (Å²) in [4.78, 5) is 29.1. The third-order valence-corrected chi connectivity index (χ3v) is 4.46. The number of rotatable bonds is 5. The summed E-state index contributed by atoms with van der Waals surface area (Å²) in [6.45, 7) is 1.70. The molecule has 0 aliphatic carbocycles. The van der Waals surface area contributed by atoms with Crippen LogP contribution in [0.2, 0.25) is 0 Å². The second kappa shape index (κ2) is 8.58. The Morgan fingerprint density at radius 3 is 2.16 bits per heavy atom. The number of carbonyl (C=O) groups is 2. The first-order chi connectivity index (χ1) is 15.0. The number of aryl methyl sites for hydroxylation is 1. The van der Waals surface area contributed by atoms with Crippen LogP contribution in [0.4, 0.5) is 15.8 Å². The van der Waals surface area contributed by atoms with Crippen molar-refractivity contribution in [2.24, 2.45) is 0 Å². The van der Waals surface area contributed by atoms with E-state index in [-0.39, 0.29) is 17.5 Å². The lowest BCUT2D eigenvalue weighted by Gasteiger charge is -2.08. The molecular formula is C23H18FN5O2. The fourth-order valence-corrected chi connectivity index (χ4v) is 2.97. The van der Waals surface area contributed by atoms with E-state index in [0.29, 0.717) is 28.5 Å². The van der Waals surface area contributed by atoms with Gasteiger partial charge in [-0.25, -0.2) is 14.1 Å². The third-order valence-electron chi connectivity index (χ3n) is 4.46. The molecule has 0 radical (unpaired) electrons. The molecular weight excluding hydrogens is 397 g/mol. The largest absolute Gasteiger partial charge is 0.322 e. The Balaban J connectivity index is 1.48. The molecule has 0 unspecified atom stereocenters. The van der Waals surface area contributed by atoms with Gasteiger partial charge in [-0.05, 0) is 61.5 Å². The minimum absolute atomic E-state index is 0.0273. The summed E-state index contributed by atoms with van der Waals surface area (Å²) in [5.74, 6) is -0.658. The quantitative estimate of drug-likeness (QED) is 0.511. The van der Waals surface area contributed by atoms with Crippen molar-refractivity contribution in [3.05, 3.63) is 102 Å². The fraction of sp³-hybridized carbons (Fsp3) is 0.0435. The number of nitrogens with one attached hydrogen (secondary N) is 2. The van der Waals surface area contributed by atoms with Gasteiger partial charge in [0.15, 0.2) is 0 Å². The van der Waals surface area contributed by atoms with Gasteiger partial charge in [-0.15, -0.1) is 5.10 Å². The minimum atomic E-state index is -0.504. The predicted molar refractivity (Wildman–Crippen MR) is 115 cm³/mol. The first kappa shape index (κ1) is 20.0. The van der Waals surface area contributed by atoms with Crippen LogP contribution in [-0.2, 0) is 0 Å². The first-order valence-corrected chi connectivity index (χ1v) is 9.47. The van der Waals surface area contributed by atoms with Crippen molar-refractivity contribution >= 4 is 23.2 Å². The van der Waals surface area contributed by atoms with Crippen LogP contribution >= 0.6 is 0 Å². The number of hydrogen-bond acceptors (Lipinski definition) is 4. The topological polar surface area (TPSA) is 88.9 Å². The molecule has 2 amide bonds. The Bertz CT molecular complexity index is 1240. The number of carbonyl (C=O) groups excluding carboxylic acids is 2. The SMILES string of the molecule is Cc1nc(C(=O)Nc2cccc(NC(=O)c3ccccc3)c2)nn1-c1ccc(F)cc1. The van der Waals surface area contributed by atoms with Crippen molar-refractivity contribution in [2.75, 3.05) is 10.6 Å². The molecule has 0 atom stereocenters. The standard InChI is InChI=1S/C23H18FN5O2/c1-15-25-21(28-29(15)20-12-10-17(24)11-13-20)23(31)27-19-9-5-8-18(14-19)26-22(30)16-6-3-2-4-7-16/h2-14H,1H3,(H,26,30)(H,27,31). The summed E-state index contributed by atoms with van der Waals surface area (Å²) >= 11 is 0. The maximum absolute atomic E-state index is 13.2. The molecule has 0 saturated heterocycles. The zero-order valence-corrected chi connectivity index (χ0v) is 16.5. The van der Waals surface area contributed by atoms with Crippen molar-refractivity contribution in [3.63, 3.8) is 0 Å². The molecule has 4 aromatic rings. The molecule has 0 saturated carbocycles. The molecule has 154 valence electrons. The second-order valence-electron chi connectivity index (χ2n) is 6.73. The van der Waals surface area contributed by atoms with E-state index in [0.717, 1.165) is 0 Å². The van der Waals surface area contributed by atoms with E-state index in [1.54, 1.807) is 67.6 Å². The van der Waals surface area contributed by atoms with Gasteiger partial charge in [-0.1, -0.05) is 24.3 Å². The van der Waals surface area contributed by atoms with Crippen LogP contribution in [0.1, 0.15) is 26.8 Å². The lowest BCUT2D eigenvalue weighted by Crippen LogP contribution is -2.15. The number of benzene rings is 3. The Hall–Kier alpha value is -4.33. The predicted octanol–water partition coefficient (Wildman–Crippen LogP) is 4.22. The highest BCUT2D eigenvalue weighted by Crippen LogP contribution is 2.17. The lowest BCUT2D eigenvalue weighted by atomic mass is 10.2. The van der Waals surface area contributed by atoms with Crippen LogP contribution < -0.4 is 10.6 Å². The fourth-order valence-electron chi connectivity index (χ4n) is 2.97. The van der Waals surface area contributed by atoms with Crippen LogP contribution in [-0.4, -0.2) is 26.6 Å². The van der Waals surface area contributed by atoms with Gasteiger partial charge >= 0.3 is 0 Å². The van der Waals surface area contributed by atoms with E-state index < -0.39 is 5.91 Å². The molecule has 4 rings (SSSR count). The summed E-state index contributed by atoms with van der Waals surface area (Å²) in [5.41, 5.74) is 2.14. The number of anilines is 2. The zero-order valence-electron chi connectivity index (χ0n) is 16.5. The van der Waals surface area contributed by atoms with Crippen LogP contribution in [0.25, 0.3) is 5.69 Å². The first-order valence-electron chi connectivity index (χ1n) is 9.47. The summed E-state index contributed by atoms with van der Waals surface area (Å²) in [6.07, 6.45) is 0. The maximum Gasteiger partial charge on any atom is 0.295 e. The molecule has 0 aliphatic heterocycles. The molecule has 31 heavy (non-hydrogen) atoms. The summed E-state index contributed by atoms with van der Waals surface area (Å²) in [7, 11) is 0. The Kier molecular flexibility index (Phi) is 5.53. The summed E-state index contributed by atoms with van der Waals surface area (Å²) < 4.78 is 14.6. The second-order valence-corrected chi connectivity index (χ2v) is 6.73. The van der Waals surface area contributed by atoms with Gasteiger partial charge in [-0.3, -0.25) is 9.59 Å². The molecule has 0 fully saturated rings. The van der Waals surface area contributed by atoms with Crippen LogP contribution in [0.3, 0.4) is 0 Å². The lowest BCUT2D eigenvalue weighted by molar-refractivity contribution is 0.101. The van der Waals surface area contributed by atoms with E-state index in [2.05, 4.69) is 20.7 Å². The molecule has 0 aliphatic rings. The van der Waals surface area contributed by atoms with Gasteiger partial charge in [0.25, 0.3) is 11.8 Å². The average Bonchev–Trinajstić information content (AvgIpc) is 3.17. The zero-order chi connectivity index (χ0) is 21.8. The highest BCUT2D eigenvalue weighted by Gasteiger charge is 2.16. The number of hydrogen-bond donors (Lipinski definition) is 2. The van der Waals surface area contributed by atoms with E-state index >= 15 is 0 Å². The Morgan fingerprint density at radius 1 is 0.839 bits per heavy atom. The average molecular weight is 415 g/mol. The maximum atomic E-state index is 13.2. The van der Waals surface area contributed by atoms with E-state index in [1.807, 2.05) is 6.07 Å². The van der Waals surface area contributed by atoms with E-state index in [9.17, 15) is 14.0 Å². The van der Waals surface area contributed by atoms with Crippen molar-refractivity contribution in [2.45, 2.75) is 6.92 Å². The monoisotopic (exact) mass is 415 g/mol. The highest BCUT2D eigenvalue weighted by molar-refractivity contribution is 6.05. The Morgan fingerprint density at radius 2 is 1.48 bits per heavy atom. The van der Waals surface area contributed by atoms with E-state index in [4.69, 9.17) is 0 Å². The van der Waals surface area contributed by atoms with Gasteiger partial charge in [0.1, 0.15) is 11.6 Å². The van der Waals surface area contributed by atoms with Crippen molar-refractivity contribution < 1.29 is 14.0 Å². The highest BCUT2D eigenvalue weighted by atomic mass is 19.1. The van der Waals surface area contributed by atoms with Gasteiger partial charge in [-0.2, -0.15) is 0 Å². The number of amides is 2. The molecule has 1 heterocycles. The molecule has 0 bridgehead atoms. The van der Waals surface area contributed by atoms with Gasteiger partial charge in [0.2, 0.25) is 5.82 Å². The number of aromatic nitrogens is 3. The van der Waals surface area contributed by atoms with Gasteiger partial charge in [0, 0.05) is 16.9 Å². The van der Waals surface area contributed by atoms with Crippen LogP contribution in [0.15, 0.2) is 78.9 Å². The van der Waals surface area contributed by atoms with Gasteiger partial charge < -0.3 is 10.6 Å². The molecule has 2 N–H and O–H groups in total. The molecule has 1 aromatic heterocycles. The van der Waals surface area contributed by atoms with Crippen molar-refractivity contribution in [3.8, 4) is 5.69 Å². The van der Waals surface area contributed by atoms with Crippen LogP contribution in [0, 0.1) is 12.7 Å². The molecule has 7 nitrogen and oxygen atoms in total. The van der Waals surface area contributed by atoms with E-state index in [1.165, 1.54) is 16.8 Å². The summed E-state index contributed by atoms with van der Waals surface area (Å²) in [5, 5.41) is 9.74. The molecule has 8 heteroatoms.